The van der Waals surface area contributed by atoms with E-state index in [1.807, 2.05) is 0 Å². The molecule has 108 valence electrons. The van der Waals surface area contributed by atoms with Crippen molar-refractivity contribution >= 4 is 15.7 Å². The average molecular weight is 300 g/mol. The molecule has 0 spiro atoms. The van der Waals surface area contributed by atoms with Gasteiger partial charge in [-0.3, -0.25) is 10.1 Å². The van der Waals surface area contributed by atoms with Crippen LogP contribution in [0.25, 0.3) is 0 Å². The first-order valence-corrected chi connectivity index (χ1v) is 7.38. The van der Waals surface area contributed by atoms with Gasteiger partial charge in [0.1, 0.15) is 0 Å². The molecule has 8 heteroatoms. The van der Waals surface area contributed by atoms with Crippen molar-refractivity contribution < 1.29 is 17.7 Å². The molecule has 1 fully saturated rings. The molecular weight excluding hydrogens is 287 g/mol. The normalized spacial score (nSPS) is 15.3. The number of nitrogens with zero attached hydrogens (tertiary/aromatic N) is 2. The van der Waals surface area contributed by atoms with Gasteiger partial charge < -0.3 is 0 Å². The van der Waals surface area contributed by atoms with Gasteiger partial charge in [-0.05, 0) is 18.9 Å². The van der Waals surface area contributed by atoms with E-state index in [0.717, 1.165) is 25.0 Å². The van der Waals surface area contributed by atoms with Gasteiger partial charge in [0.15, 0.2) is 0 Å². The van der Waals surface area contributed by atoms with Gasteiger partial charge in [-0.2, -0.15) is 8.70 Å². The van der Waals surface area contributed by atoms with Crippen LogP contribution in [0.5, 0.6) is 0 Å². The molecule has 0 radical (unpaired) electrons. The summed E-state index contributed by atoms with van der Waals surface area (Å²) in [5.41, 5.74) is -0.745. The number of hydrogen-bond donors (Lipinski definition) is 0. The Morgan fingerprint density at radius 2 is 2.15 bits per heavy atom. The molecule has 6 nitrogen and oxygen atoms in total. The number of rotatable bonds is 6. The lowest BCUT2D eigenvalue weighted by atomic mass is 10.3. The summed E-state index contributed by atoms with van der Waals surface area (Å²) in [4.78, 5) is 9.35. The van der Waals surface area contributed by atoms with Crippen molar-refractivity contribution in [3.05, 3.63) is 46.8 Å². The number of halogens is 1. The molecule has 0 bridgehead atoms. The van der Waals surface area contributed by atoms with Crippen LogP contribution in [0.15, 0.2) is 35.7 Å². The van der Waals surface area contributed by atoms with E-state index in [-0.39, 0.29) is 17.5 Å². The minimum atomic E-state index is -3.87. The second-order valence-corrected chi connectivity index (χ2v) is 6.36. The topological polar surface area (TPSA) is 80.5 Å². The van der Waals surface area contributed by atoms with Gasteiger partial charge in [0, 0.05) is 24.7 Å². The van der Waals surface area contributed by atoms with Crippen LogP contribution in [-0.2, 0) is 10.0 Å². The Kier molecular flexibility index (Phi) is 3.87. The molecule has 1 aromatic carbocycles. The first-order valence-electron chi connectivity index (χ1n) is 5.94. The van der Waals surface area contributed by atoms with Crippen LogP contribution < -0.4 is 0 Å². The fraction of sp³-hybridized carbons (Fsp3) is 0.333. The third kappa shape index (κ3) is 2.70. The molecule has 0 saturated heterocycles. The van der Waals surface area contributed by atoms with Crippen molar-refractivity contribution in [3.8, 4) is 0 Å². The monoisotopic (exact) mass is 300 g/mol. The van der Waals surface area contributed by atoms with E-state index in [9.17, 15) is 22.9 Å². The van der Waals surface area contributed by atoms with Crippen molar-refractivity contribution in [1.29, 1.82) is 0 Å². The van der Waals surface area contributed by atoms with E-state index in [1.165, 1.54) is 10.4 Å². The molecule has 1 aromatic rings. The van der Waals surface area contributed by atoms with Crippen LogP contribution >= 0.6 is 0 Å². The number of nitro groups is 1. The molecule has 20 heavy (non-hydrogen) atoms. The van der Waals surface area contributed by atoms with Gasteiger partial charge in [-0.1, -0.05) is 6.08 Å². The minimum absolute atomic E-state index is 0.101. The van der Waals surface area contributed by atoms with Crippen LogP contribution in [0, 0.1) is 15.9 Å². The minimum Gasteiger partial charge on any atom is -0.258 e. The average Bonchev–Trinajstić information content (AvgIpc) is 3.19. The molecule has 0 atom stereocenters. The molecule has 0 aromatic heterocycles. The first-order chi connectivity index (χ1) is 9.37. The lowest BCUT2D eigenvalue weighted by Gasteiger charge is -2.20. The van der Waals surface area contributed by atoms with E-state index in [1.54, 1.807) is 0 Å². The summed E-state index contributed by atoms with van der Waals surface area (Å²) in [7, 11) is -3.87. The summed E-state index contributed by atoms with van der Waals surface area (Å²) in [5, 5.41) is 10.5. The molecule has 0 heterocycles. The van der Waals surface area contributed by atoms with E-state index in [4.69, 9.17) is 0 Å². The molecule has 1 aliphatic rings. The Morgan fingerprint density at radius 3 is 2.60 bits per heavy atom. The molecule has 0 aliphatic heterocycles. The highest BCUT2D eigenvalue weighted by atomic mass is 32.2. The first kappa shape index (κ1) is 14.6. The van der Waals surface area contributed by atoms with Gasteiger partial charge in [0.2, 0.25) is 15.8 Å². The van der Waals surface area contributed by atoms with Crippen LogP contribution in [0.4, 0.5) is 10.1 Å². The quantitative estimate of drug-likeness (QED) is 0.457. The predicted molar refractivity (Wildman–Crippen MR) is 70.2 cm³/mol. The Morgan fingerprint density at radius 1 is 1.50 bits per heavy atom. The SMILES string of the molecule is C=CCN(C1CC1)S(=O)(=O)c1ccc([N+](=O)[O-])c(F)c1. The lowest BCUT2D eigenvalue weighted by Crippen LogP contribution is -2.33. The van der Waals surface area contributed by atoms with Crippen molar-refractivity contribution in [1.82, 2.24) is 4.31 Å². The van der Waals surface area contributed by atoms with Gasteiger partial charge in [0.25, 0.3) is 0 Å². The maximum absolute atomic E-state index is 13.6. The summed E-state index contributed by atoms with van der Waals surface area (Å²) in [6.07, 6.45) is 2.96. The largest absolute Gasteiger partial charge is 0.304 e. The van der Waals surface area contributed by atoms with Crippen molar-refractivity contribution in [2.24, 2.45) is 0 Å². The molecule has 0 amide bonds. The zero-order chi connectivity index (χ0) is 14.9. The highest BCUT2D eigenvalue weighted by Crippen LogP contribution is 2.32. The van der Waals surface area contributed by atoms with E-state index >= 15 is 0 Å². The highest BCUT2D eigenvalue weighted by molar-refractivity contribution is 7.89. The van der Waals surface area contributed by atoms with Gasteiger partial charge >= 0.3 is 5.69 Å². The van der Waals surface area contributed by atoms with Crippen molar-refractivity contribution in [2.75, 3.05) is 6.54 Å². The molecule has 0 unspecified atom stereocenters. The smallest absolute Gasteiger partial charge is 0.258 e. The number of benzene rings is 1. The Balaban J connectivity index is 2.40. The summed E-state index contributed by atoms with van der Waals surface area (Å²) in [6.45, 7) is 3.63. The Bertz CT molecular complexity index is 655. The van der Waals surface area contributed by atoms with Gasteiger partial charge in [0.05, 0.1) is 9.82 Å². The molecule has 2 rings (SSSR count). The zero-order valence-electron chi connectivity index (χ0n) is 10.5. The fourth-order valence-electron chi connectivity index (χ4n) is 1.86. The summed E-state index contributed by atoms with van der Waals surface area (Å²) in [6, 6.07) is 2.50. The number of sulfonamides is 1. The summed E-state index contributed by atoms with van der Waals surface area (Å²) >= 11 is 0. The maximum Gasteiger partial charge on any atom is 0.304 e. The van der Waals surface area contributed by atoms with Crippen LogP contribution in [0.3, 0.4) is 0 Å². The van der Waals surface area contributed by atoms with E-state index in [2.05, 4.69) is 6.58 Å². The van der Waals surface area contributed by atoms with E-state index < -0.39 is 26.5 Å². The fourth-order valence-corrected chi connectivity index (χ4v) is 3.53. The number of nitro benzene ring substituents is 1. The van der Waals surface area contributed by atoms with Crippen molar-refractivity contribution in [3.63, 3.8) is 0 Å². The number of hydrogen-bond acceptors (Lipinski definition) is 4. The van der Waals surface area contributed by atoms with Crippen LogP contribution in [0.1, 0.15) is 12.8 Å². The van der Waals surface area contributed by atoms with Gasteiger partial charge in [-0.25, -0.2) is 8.42 Å². The molecule has 0 N–H and O–H groups in total. The standard InChI is InChI=1S/C12H13FN2O4S/c1-2-7-14(9-3-4-9)20(18,19)10-5-6-12(15(16)17)11(13)8-10/h2,5-6,8-9H,1,3-4,7H2. The third-order valence-corrected chi connectivity index (χ3v) is 4.90. The van der Waals surface area contributed by atoms with Gasteiger partial charge in [-0.15, -0.1) is 6.58 Å². The summed E-state index contributed by atoms with van der Waals surface area (Å²) < 4.78 is 39.5. The molecule has 1 saturated carbocycles. The molecular formula is C12H13FN2O4S. The lowest BCUT2D eigenvalue weighted by molar-refractivity contribution is -0.387. The van der Waals surface area contributed by atoms with Crippen LogP contribution in [-0.4, -0.2) is 30.2 Å². The maximum atomic E-state index is 13.6. The summed E-state index contributed by atoms with van der Waals surface area (Å²) in [5.74, 6) is -1.16. The zero-order valence-corrected chi connectivity index (χ0v) is 11.3. The van der Waals surface area contributed by atoms with E-state index in [0.29, 0.717) is 6.07 Å². The highest BCUT2D eigenvalue weighted by Gasteiger charge is 2.37. The Labute approximate surface area is 115 Å². The second kappa shape index (κ2) is 5.29. The third-order valence-electron chi connectivity index (χ3n) is 2.99. The second-order valence-electron chi connectivity index (χ2n) is 4.46. The van der Waals surface area contributed by atoms with Crippen molar-refractivity contribution in [2.45, 2.75) is 23.8 Å². The van der Waals surface area contributed by atoms with Crippen LogP contribution in [0.2, 0.25) is 0 Å². The predicted octanol–water partition coefficient (Wildman–Crippen LogP) is 2.07. The molecule has 1 aliphatic carbocycles. The Hall–Kier alpha value is -1.80.